The largest absolute Gasteiger partial charge is 0.545 e. The molecule has 0 heterocycles. The molecule has 8 heteroatoms. The normalized spacial score (nSPS) is 11.8. The number of rotatable bonds is 20. The highest BCUT2D eigenvalue weighted by molar-refractivity contribution is 6.60. The Bertz CT molecular complexity index is 676. The Morgan fingerprint density at radius 2 is 1.45 bits per heavy atom. The van der Waals surface area contributed by atoms with Gasteiger partial charge in [0.25, 0.3) is 0 Å². The Hall–Kier alpha value is -1.87. The van der Waals surface area contributed by atoms with Crippen molar-refractivity contribution in [3.8, 4) is 11.5 Å². The molecule has 0 aliphatic carbocycles. The topological polar surface area (TPSA) is 86.3 Å². The molecule has 0 amide bonds. The lowest BCUT2D eigenvalue weighted by Crippen LogP contribution is -2.45. The molecule has 0 bridgehead atoms. The SMILES string of the molecule is CCCCCCOc1ccc(/C=C/C(=O)[O-])cc1OCCCC[Si](OCC)(OCC)OCC. The van der Waals surface area contributed by atoms with Crippen molar-refractivity contribution in [3.05, 3.63) is 29.8 Å². The van der Waals surface area contributed by atoms with E-state index in [0.29, 0.717) is 50.1 Å². The molecule has 0 saturated carbocycles. The van der Waals surface area contributed by atoms with Crippen LogP contribution in [-0.2, 0) is 18.1 Å². The molecule has 0 saturated heterocycles. The van der Waals surface area contributed by atoms with E-state index in [9.17, 15) is 9.90 Å². The second-order valence-electron chi connectivity index (χ2n) is 7.56. The van der Waals surface area contributed by atoms with Crippen molar-refractivity contribution < 1.29 is 32.7 Å². The number of aliphatic carboxylic acids is 1. The average Bonchev–Trinajstić information content (AvgIpc) is 2.78. The van der Waals surface area contributed by atoms with E-state index in [1.54, 1.807) is 12.1 Å². The first-order chi connectivity index (χ1) is 16.0. The van der Waals surface area contributed by atoms with E-state index in [2.05, 4.69) is 6.92 Å². The predicted molar refractivity (Wildman–Crippen MR) is 130 cm³/mol. The number of benzene rings is 1. The summed E-state index contributed by atoms with van der Waals surface area (Å²) in [6, 6.07) is 6.16. The molecule has 0 aliphatic rings. The van der Waals surface area contributed by atoms with E-state index in [0.717, 1.165) is 37.8 Å². The summed E-state index contributed by atoms with van der Waals surface area (Å²) >= 11 is 0. The van der Waals surface area contributed by atoms with E-state index in [1.807, 2.05) is 26.8 Å². The van der Waals surface area contributed by atoms with E-state index in [-0.39, 0.29) is 0 Å². The highest BCUT2D eigenvalue weighted by atomic mass is 28.4. The van der Waals surface area contributed by atoms with E-state index in [1.165, 1.54) is 18.9 Å². The molecular formula is C25H41O7Si-. The van der Waals surface area contributed by atoms with Crippen molar-refractivity contribution in [3.63, 3.8) is 0 Å². The van der Waals surface area contributed by atoms with Crippen LogP contribution in [-0.4, -0.2) is 47.8 Å². The van der Waals surface area contributed by atoms with Gasteiger partial charge in [0.2, 0.25) is 0 Å². The molecule has 188 valence electrons. The number of hydrogen-bond acceptors (Lipinski definition) is 7. The monoisotopic (exact) mass is 481 g/mol. The van der Waals surface area contributed by atoms with Crippen LogP contribution in [0.15, 0.2) is 24.3 Å². The summed E-state index contributed by atoms with van der Waals surface area (Å²) < 4.78 is 29.7. The summed E-state index contributed by atoms with van der Waals surface area (Å²) in [5.41, 5.74) is 0.711. The summed E-state index contributed by atoms with van der Waals surface area (Å²) in [4.78, 5) is 10.7. The van der Waals surface area contributed by atoms with Crippen LogP contribution in [0.5, 0.6) is 11.5 Å². The molecule has 0 aliphatic heterocycles. The van der Waals surface area contributed by atoms with Gasteiger partial charge in [-0.05, 0) is 63.8 Å². The molecule has 0 aromatic heterocycles. The molecule has 0 radical (unpaired) electrons. The van der Waals surface area contributed by atoms with Crippen molar-refractivity contribution in [2.24, 2.45) is 0 Å². The number of hydrogen-bond donors (Lipinski definition) is 0. The molecule has 1 rings (SSSR count). The molecule has 0 fully saturated rings. The van der Waals surface area contributed by atoms with Crippen LogP contribution < -0.4 is 14.6 Å². The zero-order valence-electron chi connectivity index (χ0n) is 20.7. The number of unbranched alkanes of at least 4 members (excludes halogenated alkanes) is 4. The van der Waals surface area contributed by atoms with Gasteiger partial charge in [0.15, 0.2) is 11.5 Å². The predicted octanol–water partition coefficient (Wildman–Crippen LogP) is 4.62. The smallest absolute Gasteiger partial charge is 0.500 e. The minimum atomic E-state index is -2.65. The van der Waals surface area contributed by atoms with Gasteiger partial charge in [-0.1, -0.05) is 38.3 Å². The van der Waals surface area contributed by atoms with Gasteiger partial charge >= 0.3 is 8.80 Å². The summed E-state index contributed by atoms with van der Waals surface area (Å²) in [5, 5.41) is 10.7. The first kappa shape index (κ1) is 29.2. The van der Waals surface area contributed by atoms with Gasteiger partial charge in [-0.2, -0.15) is 0 Å². The molecule has 0 spiro atoms. The first-order valence-corrected chi connectivity index (χ1v) is 14.1. The van der Waals surface area contributed by atoms with E-state index < -0.39 is 14.8 Å². The summed E-state index contributed by atoms with van der Waals surface area (Å²) in [6.45, 7) is 10.8. The van der Waals surface area contributed by atoms with Crippen LogP contribution in [0, 0.1) is 0 Å². The molecule has 0 atom stereocenters. The fourth-order valence-electron chi connectivity index (χ4n) is 3.36. The standard InChI is InChI=1S/C25H42O7Si/c1-5-9-10-11-18-28-23-16-14-22(15-17-25(26)27)21-24(23)29-19-12-13-20-33(30-6-2,31-7-3)32-8-4/h14-17,21H,5-13,18-20H2,1-4H3,(H,26,27)/p-1/b17-15+. The molecular weight excluding hydrogens is 440 g/mol. The maximum Gasteiger partial charge on any atom is 0.500 e. The third kappa shape index (κ3) is 12.2. The van der Waals surface area contributed by atoms with Crippen molar-refractivity contribution >= 4 is 20.8 Å². The Kier molecular flexibility index (Phi) is 15.5. The van der Waals surface area contributed by atoms with Gasteiger partial charge < -0.3 is 32.7 Å². The maximum atomic E-state index is 10.7. The third-order valence-electron chi connectivity index (χ3n) is 4.86. The zero-order valence-corrected chi connectivity index (χ0v) is 21.7. The Morgan fingerprint density at radius 1 is 0.848 bits per heavy atom. The fourth-order valence-corrected chi connectivity index (χ4v) is 6.05. The van der Waals surface area contributed by atoms with Crippen molar-refractivity contribution in [1.29, 1.82) is 0 Å². The summed E-state index contributed by atoms with van der Waals surface area (Å²) in [6.07, 6.45) is 8.62. The zero-order chi connectivity index (χ0) is 24.4. The number of carboxylic acids is 1. The molecule has 7 nitrogen and oxygen atoms in total. The second kappa shape index (κ2) is 17.6. The van der Waals surface area contributed by atoms with Crippen LogP contribution in [0.1, 0.15) is 71.8 Å². The van der Waals surface area contributed by atoms with Crippen molar-refractivity contribution in [2.45, 2.75) is 72.3 Å². The van der Waals surface area contributed by atoms with Gasteiger partial charge in [0.1, 0.15) is 0 Å². The van der Waals surface area contributed by atoms with Gasteiger partial charge in [0, 0.05) is 25.9 Å². The number of carbonyl (C=O) groups is 1. The van der Waals surface area contributed by atoms with Gasteiger partial charge in [-0.3, -0.25) is 0 Å². The van der Waals surface area contributed by atoms with Crippen molar-refractivity contribution in [1.82, 2.24) is 0 Å². The fraction of sp³-hybridized carbons (Fsp3) is 0.640. The van der Waals surface area contributed by atoms with E-state index in [4.69, 9.17) is 22.8 Å². The molecule has 1 aromatic rings. The Balaban J connectivity index is 2.71. The quantitative estimate of drug-likeness (QED) is 0.153. The Labute approximate surface area is 200 Å². The Morgan fingerprint density at radius 3 is 2.03 bits per heavy atom. The average molecular weight is 482 g/mol. The number of carboxylic acid groups (broad SMARTS) is 1. The van der Waals surface area contributed by atoms with Crippen LogP contribution in [0.4, 0.5) is 0 Å². The van der Waals surface area contributed by atoms with Crippen LogP contribution in [0.2, 0.25) is 6.04 Å². The van der Waals surface area contributed by atoms with Crippen molar-refractivity contribution in [2.75, 3.05) is 33.0 Å². The number of ether oxygens (including phenoxy) is 2. The highest BCUT2D eigenvalue weighted by Crippen LogP contribution is 2.30. The second-order valence-corrected chi connectivity index (χ2v) is 10.3. The van der Waals surface area contributed by atoms with E-state index >= 15 is 0 Å². The maximum absolute atomic E-state index is 10.7. The van der Waals surface area contributed by atoms with Crippen LogP contribution in [0.25, 0.3) is 6.08 Å². The molecule has 33 heavy (non-hydrogen) atoms. The minimum Gasteiger partial charge on any atom is -0.545 e. The van der Waals surface area contributed by atoms with Crippen LogP contribution >= 0.6 is 0 Å². The van der Waals surface area contributed by atoms with Crippen LogP contribution in [0.3, 0.4) is 0 Å². The highest BCUT2D eigenvalue weighted by Gasteiger charge is 2.39. The minimum absolute atomic E-state index is 0.495. The lowest BCUT2D eigenvalue weighted by Gasteiger charge is -2.28. The van der Waals surface area contributed by atoms with Gasteiger partial charge in [0.05, 0.1) is 19.2 Å². The lowest BCUT2D eigenvalue weighted by molar-refractivity contribution is -0.297. The van der Waals surface area contributed by atoms with Gasteiger partial charge in [-0.25, -0.2) is 0 Å². The molecule has 0 unspecified atom stereocenters. The molecule has 0 N–H and O–H groups in total. The van der Waals surface area contributed by atoms with Gasteiger partial charge in [-0.15, -0.1) is 0 Å². The molecule has 1 aromatic carbocycles. The first-order valence-electron chi connectivity index (χ1n) is 12.2. The lowest BCUT2D eigenvalue weighted by atomic mass is 10.2. The summed E-state index contributed by atoms with van der Waals surface area (Å²) in [5.74, 6) is 0.0342. The third-order valence-corrected chi connectivity index (χ3v) is 8.01. The summed E-state index contributed by atoms with van der Waals surface area (Å²) in [7, 11) is -2.65. The number of carbonyl (C=O) groups excluding carboxylic acids is 1.